The summed E-state index contributed by atoms with van der Waals surface area (Å²) in [5.41, 5.74) is 2.39. The van der Waals surface area contributed by atoms with Crippen LogP contribution in [0.15, 0.2) is 47.7 Å². The van der Waals surface area contributed by atoms with Gasteiger partial charge >= 0.3 is 0 Å². The molecule has 0 spiro atoms. The summed E-state index contributed by atoms with van der Waals surface area (Å²) in [4.78, 5) is 18.1. The molecule has 7 nitrogen and oxygen atoms in total. The predicted octanol–water partition coefficient (Wildman–Crippen LogP) is 2.53. The van der Waals surface area contributed by atoms with E-state index in [1.165, 1.54) is 11.1 Å². The Morgan fingerprint density at radius 2 is 1.75 bits per heavy atom. The summed E-state index contributed by atoms with van der Waals surface area (Å²) in [5.74, 6) is 1.76. The topological polar surface area (TPSA) is 65.9 Å². The number of anilines is 1. The van der Waals surface area contributed by atoms with Crippen molar-refractivity contribution in [2.24, 2.45) is 4.99 Å². The maximum atomic E-state index is 5.30. The van der Waals surface area contributed by atoms with Gasteiger partial charge in [0, 0.05) is 52.2 Å². The maximum absolute atomic E-state index is 5.30. The van der Waals surface area contributed by atoms with Crippen LogP contribution in [0.25, 0.3) is 0 Å². The van der Waals surface area contributed by atoms with E-state index in [0.717, 1.165) is 44.6 Å². The van der Waals surface area contributed by atoms with Gasteiger partial charge < -0.3 is 19.9 Å². The number of halogens is 1. The zero-order valence-electron chi connectivity index (χ0n) is 16.5. The van der Waals surface area contributed by atoms with E-state index < -0.39 is 0 Å². The van der Waals surface area contributed by atoms with Crippen LogP contribution in [0.3, 0.4) is 0 Å². The van der Waals surface area contributed by atoms with Crippen molar-refractivity contribution in [2.75, 3.05) is 44.7 Å². The van der Waals surface area contributed by atoms with Crippen LogP contribution in [-0.4, -0.2) is 60.7 Å². The lowest BCUT2D eigenvalue weighted by Gasteiger charge is -2.36. The highest BCUT2D eigenvalue weighted by molar-refractivity contribution is 14.0. The molecule has 1 aromatic heterocycles. The lowest BCUT2D eigenvalue weighted by atomic mass is 10.1. The van der Waals surface area contributed by atoms with E-state index in [2.05, 4.69) is 50.2 Å². The van der Waals surface area contributed by atoms with Gasteiger partial charge in [0.15, 0.2) is 5.96 Å². The third-order valence-electron chi connectivity index (χ3n) is 4.57. The van der Waals surface area contributed by atoms with Crippen LogP contribution in [-0.2, 0) is 17.9 Å². The van der Waals surface area contributed by atoms with Crippen LogP contribution in [0.5, 0.6) is 0 Å². The number of benzene rings is 1. The van der Waals surface area contributed by atoms with E-state index in [9.17, 15) is 0 Å². The molecule has 152 valence electrons. The molecule has 1 aliphatic heterocycles. The largest absolute Gasteiger partial charge is 0.380 e. The smallest absolute Gasteiger partial charge is 0.225 e. The van der Waals surface area contributed by atoms with Crippen LogP contribution in [0.1, 0.15) is 18.1 Å². The molecule has 1 saturated heterocycles. The Bertz CT molecular complexity index is 734. The molecular formula is C20H29IN6O. The Kier molecular flexibility index (Phi) is 9.42. The lowest BCUT2D eigenvalue weighted by molar-refractivity contribution is 0.184. The molecule has 3 rings (SSSR count). The zero-order valence-corrected chi connectivity index (χ0v) is 18.9. The molecule has 2 heterocycles. The normalized spacial score (nSPS) is 14.6. The highest BCUT2D eigenvalue weighted by atomic mass is 127. The molecule has 1 fully saturated rings. The summed E-state index contributed by atoms with van der Waals surface area (Å²) in [7, 11) is 1.72. The van der Waals surface area contributed by atoms with Gasteiger partial charge in [0.1, 0.15) is 0 Å². The minimum atomic E-state index is 0. The summed E-state index contributed by atoms with van der Waals surface area (Å²) in [6.07, 6.45) is 3.58. The summed E-state index contributed by atoms with van der Waals surface area (Å²) >= 11 is 0. The van der Waals surface area contributed by atoms with Gasteiger partial charge in [0.2, 0.25) is 5.95 Å². The number of methoxy groups -OCH3 is 1. The summed E-state index contributed by atoms with van der Waals surface area (Å²) < 4.78 is 5.30. The van der Waals surface area contributed by atoms with Gasteiger partial charge in [-0.2, -0.15) is 0 Å². The van der Waals surface area contributed by atoms with Crippen molar-refractivity contribution < 1.29 is 4.74 Å². The van der Waals surface area contributed by atoms with E-state index in [1.54, 1.807) is 19.5 Å². The van der Waals surface area contributed by atoms with Gasteiger partial charge in [-0.15, -0.1) is 24.0 Å². The average molecular weight is 496 g/mol. The van der Waals surface area contributed by atoms with Gasteiger partial charge in [0.05, 0.1) is 13.2 Å². The quantitative estimate of drug-likeness (QED) is 0.377. The van der Waals surface area contributed by atoms with Gasteiger partial charge in [0.25, 0.3) is 0 Å². The summed E-state index contributed by atoms with van der Waals surface area (Å²) in [6, 6.07) is 10.1. The van der Waals surface area contributed by atoms with Crippen LogP contribution >= 0.6 is 24.0 Å². The van der Waals surface area contributed by atoms with Gasteiger partial charge in [-0.25, -0.2) is 15.0 Å². The van der Waals surface area contributed by atoms with Crippen LogP contribution in [0.2, 0.25) is 0 Å². The first-order chi connectivity index (χ1) is 13.3. The third-order valence-corrected chi connectivity index (χ3v) is 4.57. The van der Waals surface area contributed by atoms with Crippen LogP contribution in [0.4, 0.5) is 5.95 Å². The fourth-order valence-electron chi connectivity index (χ4n) is 3.17. The van der Waals surface area contributed by atoms with Crippen LogP contribution < -0.4 is 10.2 Å². The second-order valence-electron chi connectivity index (χ2n) is 6.39. The Balaban J connectivity index is 0.00000280. The number of aliphatic imine (C=N–C) groups is 1. The summed E-state index contributed by atoms with van der Waals surface area (Å²) in [5, 5.41) is 3.42. The SMILES string of the molecule is CCNC(=NCc1ccccc1COC)N1CCN(c2ncccn2)CC1.I. The van der Waals surface area contributed by atoms with E-state index in [4.69, 9.17) is 9.73 Å². The number of rotatable bonds is 6. The van der Waals surface area contributed by atoms with E-state index in [0.29, 0.717) is 13.2 Å². The van der Waals surface area contributed by atoms with Gasteiger partial charge in [-0.05, 0) is 24.1 Å². The molecule has 0 saturated carbocycles. The Hall–Kier alpha value is -1.94. The fraction of sp³-hybridized carbons (Fsp3) is 0.450. The number of nitrogens with zero attached hydrogens (tertiary/aromatic N) is 5. The molecule has 0 aliphatic carbocycles. The first-order valence-corrected chi connectivity index (χ1v) is 9.42. The Labute approximate surface area is 184 Å². The van der Waals surface area contributed by atoms with Crippen molar-refractivity contribution in [3.63, 3.8) is 0 Å². The number of aromatic nitrogens is 2. The number of nitrogens with one attached hydrogen (secondary N) is 1. The average Bonchev–Trinajstić information content (AvgIpc) is 2.73. The molecular weight excluding hydrogens is 467 g/mol. The number of hydrogen-bond donors (Lipinski definition) is 1. The molecule has 1 aromatic carbocycles. The predicted molar refractivity (Wildman–Crippen MR) is 123 cm³/mol. The van der Waals surface area contributed by atoms with Crippen molar-refractivity contribution in [3.05, 3.63) is 53.9 Å². The Morgan fingerprint density at radius 3 is 2.39 bits per heavy atom. The van der Waals surface area contributed by atoms with Crippen molar-refractivity contribution in [1.82, 2.24) is 20.2 Å². The molecule has 1 aliphatic rings. The highest BCUT2D eigenvalue weighted by Gasteiger charge is 2.21. The molecule has 28 heavy (non-hydrogen) atoms. The number of guanidine groups is 1. The van der Waals surface area contributed by atoms with Crippen LogP contribution in [0, 0.1) is 0 Å². The maximum Gasteiger partial charge on any atom is 0.225 e. The number of piperazine rings is 1. The third kappa shape index (κ3) is 6.03. The molecule has 1 N–H and O–H groups in total. The monoisotopic (exact) mass is 496 g/mol. The standard InChI is InChI=1S/C20H28N6O.HI/c1-3-21-19(24-15-17-7-4-5-8-18(17)16-27-2)25-11-13-26(14-12-25)20-22-9-6-10-23-20;/h4-10H,3,11-16H2,1-2H3,(H,21,24);1H. The molecule has 0 amide bonds. The fourth-order valence-corrected chi connectivity index (χ4v) is 3.17. The zero-order chi connectivity index (χ0) is 18.9. The molecule has 2 aromatic rings. The first-order valence-electron chi connectivity index (χ1n) is 9.42. The van der Waals surface area contributed by atoms with Crippen molar-refractivity contribution in [3.8, 4) is 0 Å². The number of ether oxygens (including phenoxy) is 1. The van der Waals surface area contributed by atoms with Gasteiger partial charge in [-0.3, -0.25) is 0 Å². The first kappa shape index (κ1) is 22.4. The van der Waals surface area contributed by atoms with E-state index in [1.807, 2.05) is 12.1 Å². The van der Waals surface area contributed by atoms with Crippen molar-refractivity contribution >= 4 is 35.9 Å². The second-order valence-corrected chi connectivity index (χ2v) is 6.39. The Morgan fingerprint density at radius 1 is 1.07 bits per heavy atom. The van der Waals surface area contributed by atoms with Gasteiger partial charge in [-0.1, -0.05) is 24.3 Å². The van der Waals surface area contributed by atoms with Crippen molar-refractivity contribution in [2.45, 2.75) is 20.1 Å². The van der Waals surface area contributed by atoms with E-state index >= 15 is 0 Å². The molecule has 0 radical (unpaired) electrons. The van der Waals surface area contributed by atoms with Crippen molar-refractivity contribution in [1.29, 1.82) is 0 Å². The number of hydrogen-bond acceptors (Lipinski definition) is 5. The van der Waals surface area contributed by atoms with E-state index in [-0.39, 0.29) is 24.0 Å². The molecule has 0 unspecified atom stereocenters. The minimum absolute atomic E-state index is 0. The molecule has 0 atom stereocenters. The lowest BCUT2D eigenvalue weighted by Crippen LogP contribution is -2.53. The molecule has 0 bridgehead atoms. The molecule has 8 heteroatoms. The summed E-state index contributed by atoms with van der Waals surface area (Å²) in [6.45, 7) is 7.75. The highest BCUT2D eigenvalue weighted by Crippen LogP contribution is 2.13. The minimum Gasteiger partial charge on any atom is -0.380 e. The second kappa shape index (κ2) is 11.8.